The number of nitro benzene ring substituents is 2. The van der Waals surface area contributed by atoms with Crippen LogP contribution in [0.15, 0.2) is 24.3 Å². The number of nitro groups is 2. The Hall–Kier alpha value is -2.82. The summed E-state index contributed by atoms with van der Waals surface area (Å²) in [5.41, 5.74) is 0.280. The largest absolute Gasteiger partial charge is 0.488 e. The molecule has 0 N–H and O–H groups in total. The Morgan fingerprint density at radius 2 is 1.37 bits per heavy atom. The number of aryl methyl sites for hydroxylation is 1. The molecule has 0 unspecified atom stereocenters. The Bertz CT molecular complexity index is 863. The first-order valence-electron chi connectivity index (χ1n) is 7.21. The van der Waals surface area contributed by atoms with E-state index in [1.807, 2.05) is 0 Å². The maximum Gasteiger partial charge on any atom is 0.314 e. The van der Waals surface area contributed by atoms with E-state index < -0.39 is 21.5 Å². The predicted molar refractivity (Wildman–Crippen MR) is 96.6 cm³/mol. The molecule has 0 fully saturated rings. The Morgan fingerprint density at radius 1 is 0.926 bits per heavy atom. The molecule has 0 aliphatic heterocycles. The van der Waals surface area contributed by atoms with E-state index in [1.165, 1.54) is 38.5 Å². The van der Waals surface area contributed by atoms with Gasteiger partial charge in [-0.05, 0) is 30.2 Å². The highest BCUT2D eigenvalue weighted by Gasteiger charge is 2.20. The van der Waals surface area contributed by atoms with Gasteiger partial charge in [0.1, 0.15) is 0 Å². The van der Waals surface area contributed by atoms with Crippen LogP contribution in [0.25, 0.3) is 0 Å². The van der Waals surface area contributed by atoms with Crippen molar-refractivity contribution in [1.29, 1.82) is 0 Å². The molecular weight excluding hydrogens is 434 g/mol. The number of alkyl halides is 1. The van der Waals surface area contributed by atoms with Gasteiger partial charge in [0.2, 0.25) is 11.5 Å². The Balaban J connectivity index is 0.000000271. The molecule has 2 rings (SSSR count). The molecule has 0 bridgehead atoms. The topological polar surface area (TPSA) is 105 Å². The summed E-state index contributed by atoms with van der Waals surface area (Å²) in [5, 5.41) is 21.3. The molecule has 0 heterocycles. The minimum atomic E-state index is -0.726. The fourth-order valence-corrected chi connectivity index (χ4v) is 2.42. The van der Waals surface area contributed by atoms with E-state index >= 15 is 0 Å². The van der Waals surface area contributed by atoms with Gasteiger partial charge in [0, 0.05) is 17.5 Å². The van der Waals surface area contributed by atoms with Crippen LogP contribution in [0.2, 0.25) is 0 Å². The SMILES string of the molecule is COc1c(F)cc(C)cc1[N+](=O)[O-].COc1c(F)cc(CBr)cc1[N+](=O)[O-]. The molecule has 0 aromatic heterocycles. The minimum absolute atomic E-state index is 0.324. The lowest BCUT2D eigenvalue weighted by Gasteiger charge is -2.04. The van der Waals surface area contributed by atoms with Crippen molar-refractivity contribution in [2.24, 2.45) is 0 Å². The first-order chi connectivity index (χ1) is 12.7. The first kappa shape index (κ1) is 22.2. The summed E-state index contributed by atoms with van der Waals surface area (Å²) in [6.07, 6.45) is 0. The molecule has 0 aliphatic rings. The van der Waals surface area contributed by atoms with Gasteiger partial charge in [0.25, 0.3) is 0 Å². The molecule has 11 heteroatoms. The molecule has 0 saturated heterocycles. The number of ether oxygens (including phenoxy) is 2. The van der Waals surface area contributed by atoms with Crippen molar-refractivity contribution < 1.29 is 28.1 Å². The lowest BCUT2D eigenvalue weighted by atomic mass is 10.2. The highest BCUT2D eigenvalue weighted by atomic mass is 79.9. The zero-order valence-electron chi connectivity index (χ0n) is 14.5. The van der Waals surface area contributed by atoms with Crippen LogP contribution in [-0.4, -0.2) is 24.1 Å². The van der Waals surface area contributed by atoms with Crippen molar-refractivity contribution in [2.45, 2.75) is 12.3 Å². The van der Waals surface area contributed by atoms with E-state index in [9.17, 15) is 29.0 Å². The standard InChI is InChI=1S/C8H7BrFNO3.C8H8FNO3/c1-14-8-6(10)2-5(4-9)3-7(8)11(12)13;1-5-3-6(9)8(13-2)7(4-5)10(11)12/h2-3H,4H2,1H3;3-4H,1-2H3. The molecule has 0 amide bonds. The van der Waals surface area contributed by atoms with Crippen LogP contribution in [0.1, 0.15) is 11.1 Å². The third-order valence-electron chi connectivity index (χ3n) is 3.21. The quantitative estimate of drug-likeness (QED) is 0.373. The highest BCUT2D eigenvalue weighted by Crippen LogP contribution is 2.32. The summed E-state index contributed by atoms with van der Waals surface area (Å²) >= 11 is 3.09. The monoisotopic (exact) mass is 448 g/mol. The van der Waals surface area contributed by atoms with Crippen LogP contribution in [0.5, 0.6) is 11.5 Å². The zero-order valence-corrected chi connectivity index (χ0v) is 16.1. The van der Waals surface area contributed by atoms with Gasteiger partial charge in [-0.15, -0.1) is 0 Å². The highest BCUT2D eigenvalue weighted by molar-refractivity contribution is 9.08. The van der Waals surface area contributed by atoms with E-state index in [0.717, 1.165) is 0 Å². The molecule has 0 aliphatic carbocycles. The van der Waals surface area contributed by atoms with Crippen molar-refractivity contribution in [2.75, 3.05) is 14.2 Å². The second-order valence-electron chi connectivity index (χ2n) is 5.08. The molecule has 2 aromatic rings. The summed E-state index contributed by atoms with van der Waals surface area (Å²) in [6, 6.07) is 4.92. The van der Waals surface area contributed by atoms with Crippen molar-refractivity contribution >= 4 is 27.3 Å². The van der Waals surface area contributed by atoms with Gasteiger partial charge in [-0.2, -0.15) is 0 Å². The van der Waals surface area contributed by atoms with Crippen LogP contribution in [-0.2, 0) is 5.33 Å². The Kier molecular flexibility index (Phi) is 8.03. The fourth-order valence-electron chi connectivity index (χ4n) is 2.10. The van der Waals surface area contributed by atoms with Gasteiger partial charge in [-0.1, -0.05) is 15.9 Å². The van der Waals surface area contributed by atoms with E-state index in [0.29, 0.717) is 16.5 Å². The van der Waals surface area contributed by atoms with Crippen molar-refractivity contribution in [1.82, 2.24) is 0 Å². The van der Waals surface area contributed by atoms with Crippen molar-refractivity contribution in [3.63, 3.8) is 0 Å². The molecule has 8 nitrogen and oxygen atoms in total. The number of benzene rings is 2. The predicted octanol–water partition coefficient (Wildman–Crippen LogP) is 4.69. The summed E-state index contributed by atoms with van der Waals surface area (Å²) in [6.45, 7) is 1.58. The summed E-state index contributed by atoms with van der Waals surface area (Å²) in [7, 11) is 2.39. The van der Waals surface area contributed by atoms with Crippen molar-refractivity contribution in [3.8, 4) is 11.5 Å². The second kappa shape index (κ2) is 9.76. The van der Waals surface area contributed by atoms with Crippen LogP contribution in [0.4, 0.5) is 20.2 Å². The first-order valence-corrected chi connectivity index (χ1v) is 8.33. The molecule has 0 radical (unpaired) electrons. The maximum atomic E-state index is 13.2. The second-order valence-corrected chi connectivity index (χ2v) is 5.64. The van der Waals surface area contributed by atoms with E-state index in [1.54, 1.807) is 6.92 Å². The normalized spacial score (nSPS) is 9.85. The van der Waals surface area contributed by atoms with Crippen LogP contribution in [0.3, 0.4) is 0 Å². The van der Waals surface area contributed by atoms with E-state index in [-0.39, 0.29) is 22.9 Å². The number of halogens is 3. The average molecular weight is 449 g/mol. The lowest BCUT2D eigenvalue weighted by molar-refractivity contribution is -0.386. The molecule has 146 valence electrons. The van der Waals surface area contributed by atoms with Crippen LogP contribution >= 0.6 is 15.9 Å². The third-order valence-corrected chi connectivity index (χ3v) is 3.86. The number of hydrogen-bond acceptors (Lipinski definition) is 6. The van der Waals surface area contributed by atoms with Gasteiger partial charge >= 0.3 is 11.4 Å². The van der Waals surface area contributed by atoms with Crippen molar-refractivity contribution in [3.05, 3.63) is 67.3 Å². The number of rotatable bonds is 5. The number of nitrogens with zero attached hydrogens (tertiary/aromatic N) is 2. The Morgan fingerprint density at radius 3 is 1.78 bits per heavy atom. The number of hydrogen-bond donors (Lipinski definition) is 0. The molecular formula is C16H15BrF2N2O6. The molecule has 0 spiro atoms. The molecule has 27 heavy (non-hydrogen) atoms. The Labute approximate surface area is 161 Å². The average Bonchev–Trinajstić information content (AvgIpc) is 2.60. The lowest BCUT2D eigenvalue weighted by Crippen LogP contribution is -1.97. The summed E-state index contributed by atoms with van der Waals surface area (Å²) < 4.78 is 35.4. The smallest absolute Gasteiger partial charge is 0.314 e. The van der Waals surface area contributed by atoms with Gasteiger partial charge in [-0.3, -0.25) is 20.2 Å². The van der Waals surface area contributed by atoms with Gasteiger partial charge in [0.15, 0.2) is 11.6 Å². The molecule has 0 atom stereocenters. The molecule has 0 saturated carbocycles. The summed E-state index contributed by atoms with van der Waals surface area (Å²) in [4.78, 5) is 19.6. The van der Waals surface area contributed by atoms with E-state index in [2.05, 4.69) is 25.4 Å². The fraction of sp³-hybridized carbons (Fsp3) is 0.250. The van der Waals surface area contributed by atoms with Gasteiger partial charge < -0.3 is 9.47 Å². The zero-order chi connectivity index (χ0) is 20.7. The van der Waals surface area contributed by atoms with Crippen LogP contribution < -0.4 is 9.47 Å². The van der Waals surface area contributed by atoms with Crippen LogP contribution in [0, 0.1) is 38.8 Å². The van der Waals surface area contributed by atoms with E-state index in [4.69, 9.17) is 0 Å². The molecule has 2 aromatic carbocycles. The third kappa shape index (κ3) is 5.58. The summed E-state index contributed by atoms with van der Waals surface area (Å²) in [5.74, 6) is -2.10. The minimum Gasteiger partial charge on any atom is -0.488 e. The van der Waals surface area contributed by atoms with Gasteiger partial charge in [0.05, 0.1) is 24.1 Å². The number of methoxy groups -OCH3 is 2. The van der Waals surface area contributed by atoms with Gasteiger partial charge in [-0.25, -0.2) is 8.78 Å². The maximum absolute atomic E-state index is 13.2.